The molecule has 2 aromatic rings. The predicted octanol–water partition coefficient (Wildman–Crippen LogP) is 1.98. The highest BCUT2D eigenvalue weighted by atomic mass is 19.1. The minimum Gasteiger partial charge on any atom is -0.336 e. The summed E-state index contributed by atoms with van der Waals surface area (Å²) in [6.45, 7) is 3.09. The molecule has 2 N–H and O–H groups in total. The number of benzene rings is 1. The van der Waals surface area contributed by atoms with E-state index in [-0.39, 0.29) is 17.8 Å². The van der Waals surface area contributed by atoms with E-state index in [0.717, 1.165) is 42.5 Å². The summed E-state index contributed by atoms with van der Waals surface area (Å²) in [6.07, 6.45) is 3.44. The fourth-order valence-corrected chi connectivity index (χ4v) is 3.71. The molecule has 2 heterocycles. The van der Waals surface area contributed by atoms with Gasteiger partial charge in [-0.3, -0.25) is 4.79 Å². The molecule has 0 bridgehead atoms. The van der Waals surface area contributed by atoms with Crippen LogP contribution in [0, 0.1) is 12.7 Å². The quantitative estimate of drug-likeness (QED) is 0.917. The molecule has 126 valence electrons. The van der Waals surface area contributed by atoms with Crippen molar-refractivity contribution in [3.05, 3.63) is 46.5 Å². The largest absolute Gasteiger partial charge is 0.336 e. The lowest BCUT2D eigenvalue weighted by molar-refractivity contribution is 0.0783. The molecule has 1 amide bonds. The van der Waals surface area contributed by atoms with Gasteiger partial charge in [0.2, 0.25) is 0 Å². The number of carbonyl (C=O) groups is 1. The predicted molar refractivity (Wildman–Crippen MR) is 88.8 cm³/mol. The first kappa shape index (κ1) is 15.3. The molecule has 5 nitrogen and oxygen atoms in total. The Hall–Kier alpha value is -2.21. The van der Waals surface area contributed by atoms with Gasteiger partial charge in [0.15, 0.2) is 5.69 Å². The topological polar surface area (TPSA) is 64.2 Å². The molecule has 1 atom stereocenters. The van der Waals surface area contributed by atoms with Gasteiger partial charge in [-0.15, -0.1) is 0 Å². The van der Waals surface area contributed by atoms with Crippen LogP contribution in [0.4, 0.5) is 4.39 Å². The third-order valence-corrected chi connectivity index (χ3v) is 4.98. The lowest BCUT2D eigenvalue weighted by atomic mass is 10.2. The SMILES string of the molecule is Cc1ccc(-n2nc(C(=O)N3CC[C@@H](N)C3)c3c2CCC3)c(F)c1. The lowest BCUT2D eigenvalue weighted by Gasteiger charge is -2.14. The van der Waals surface area contributed by atoms with E-state index in [1.807, 2.05) is 13.0 Å². The van der Waals surface area contributed by atoms with E-state index in [2.05, 4.69) is 5.10 Å². The maximum absolute atomic E-state index is 14.4. The highest BCUT2D eigenvalue weighted by Gasteiger charge is 2.32. The minimum atomic E-state index is -0.311. The monoisotopic (exact) mass is 328 g/mol. The van der Waals surface area contributed by atoms with Gasteiger partial charge in [0.1, 0.15) is 11.5 Å². The van der Waals surface area contributed by atoms with Crippen molar-refractivity contribution in [3.63, 3.8) is 0 Å². The van der Waals surface area contributed by atoms with Crippen LogP contribution in [0.3, 0.4) is 0 Å². The van der Waals surface area contributed by atoms with Gasteiger partial charge in [-0.1, -0.05) is 6.07 Å². The zero-order valence-corrected chi connectivity index (χ0v) is 13.8. The van der Waals surface area contributed by atoms with Crippen molar-refractivity contribution >= 4 is 5.91 Å². The van der Waals surface area contributed by atoms with Gasteiger partial charge in [0, 0.05) is 30.4 Å². The number of carbonyl (C=O) groups excluding carboxylic acids is 1. The molecule has 6 heteroatoms. The van der Waals surface area contributed by atoms with Crippen molar-refractivity contribution in [2.24, 2.45) is 5.73 Å². The Bertz CT molecular complexity index is 814. The summed E-state index contributed by atoms with van der Waals surface area (Å²) < 4.78 is 16.0. The third kappa shape index (κ3) is 2.41. The minimum absolute atomic E-state index is 0.0404. The Kier molecular flexibility index (Phi) is 3.64. The number of nitrogens with two attached hydrogens (primary N) is 1. The third-order valence-electron chi connectivity index (χ3n) is 4.98. The number of rotatable bonds is 2. The van der Waals surface area contributed by atoms with Crippen LogP contribution in [0.1, 0.15) is 40.2 Å². The number of hydrogen-bond donors (Lipinski definition) is 1. The summed E-state index contributed by atoms with van der Waals surface area (Å²) in [5.41, 5.74) is 9.60. The Balaban J connectivity index is 1.76. The molecule has 1 aromatic carbocycles. The van der Waals surface area contributed by atoms with E-state index in [0.29, 0.717) is 24.5 Å². The van der Waals surface area contributed by atoms with Crippen LogP contribution in [0.2, 0.25) is 0 Å². The Labute approximate surface area is 140 Å². The average molecular weight is 328 g/mol. The van der Waals surface area contributed by atoms with Gasteiger partial charge in [0.05, 0.1) is 0 Å². The number of likely N-dealkylation sites (tertiary alicyclic amines) is 1. The molecule has 0 saturated carbocycles. The number of nitrogens with zero attached hydrogens (tertiary/aromatic N) is 3. The fraction of sp³-hybridized carbons (Fsp3) is 0.444. The summed E-state index contributed by atoms with van der Waals surface area (Å²) in [5.74, 6) is -0.387. The molecule has 2 aliphatic rings. The molecular formula is C18H21FN4O. The van der Waals surface area contributed by atoms with Gasteiger partial charge in [-0.25, -0.2) is 9.07 Å². The zero-order chi connectivity index (χ0) is 16.8. The molecule has 24 heavy (non-hydrogen) atoms. The number of amides is 1. The van der Waals surface area contributed by atoms with Crippen LogP contribution in [0.5, 0.6) is 0 Å². The number of halogens is 1. The molecule has 1 fully saturated rings. The number of fused-ring (bicyclic) bond motifs is 1. The standard InChI is InChI=1S/C18H21FN4O/c1-11-5-6-16(14(19)9-11)23-15-4-2-3-13(15)17(21-23)18(24)22-8-7-12(20)10-22/h5-6,9,12H,2-4,7-8,10,20H2,1H3/t12-/m1/s1. The zero-order valence-electron chi connectivity index (χ0n) is 13.8. The number of aryl methyl sites for hydroxylation is 1. The van der Waals surface area contributed by atoms with Crippen LogP contribution in [-0.4, -0.2) is 39.7 Å². The summed E-state index contributed by atoms with van der Waals surface area (Å²) in [4.78, 5) is 14.6. The molecule has 4 rings (SSSR count). The molecule has 1 aliphatic heterocycles. The van der Waals surface area contributed by atoms with Crippen molar-refractivity contribution in [2.45, 2.75) is 38.6 Å². The van der Waals surface area contributed by atoms with Crippen molar-refractivity contribution < 1.29 is 9.18 Å². The first-order valence-corrected chi connectivity index (χ1v) is 8.46. The van der Waals surface area contributed by atoms with Crippen LogP contribution in [-0.2, 0) is 12.8 Å². The molecule has 0 unspecified atom stereocenters. The maximum Gasteiger partial charge on any atom is 0.274 e. The van der Waals surface area contributed by atoms with Crippen molar-refractivity contribution in [3.8, 4) is 5.69 Å². The van der Waals surface area contributed by atoms with E-state index < -0.39 is 0 Å². The second-order valence-corrected chi connectivity index (χ2v) is 6.79. The molecule has 0 spiro atoms. The molecule has 1 aliphatic carbocycles. The van der Waals surface area contributed by atoms with E-state index in [9.17, 15) is 9.18 Å². The lowest BCUT2D eigenvalue weighted by Crippen LogP contribution is -2.32. The van der Waals surface area contributed by atoms with E-state index in [1.165, 1.54) is 6.07 Å². The fourth-order valence-electron chi connectivity index (χ4n) is 3.71. The Morgan fingerprint density at radius 3 is 2.92 bits per heavy atom. The van der Waals surface area contributed by atoms with Gasteiger partial charge in [-0.2, -0.15) is 5.10 Å². The Morgan fingerprint density at radius 2 is 2.21 bits per heavy atom. The van der Waals surface area contributed by atoms with Gasteiger partial charge < -0.3 is 10.6 Å². The van der Waals surface area contributed by atoms with Crippen LogP contribution >= 0.6 is 0 Å². The summed E-state index contributed by atoms with van der Waals surface area (Å²) in [6, 6.07) is 5.14. The first-order chi connectivity index (χ1) is 11.5. The van der Waals surface area contributed by atoms with Crippen LogP contribution in [0.15, 0.2) is 18.2 Å². The van der Waals surface area contributed by atoms with Gasteiger partial charge in [0.25, 0.3) is 5.91 Å². The number of hydrogen-bond acceptors (Lipinski definition) is 3. The van der Waals surface area contributed by atoms with E-state index >= 15 is 0 Å². The van der Waals surface area contributed by atoms with Crippen molar-refractivity contribution in [2.75, 3.05) is 13.1 Å². The summed E-state index contributed by atoms with van der Waals surface area (Å²) in [7, 11) is 0. The maximum atomic E-state index is 14.4. The number of aromatic nitrogens is 2. The highest BCUT2D eigenvalue weighted by Crippen LogP contribution is 2.30. The Morgan fingerprint density at radius 1 is 1.38 bits per heavy atom. The summed E-state index contributed by atoms with van der Waals surface area (Å²) >= 11 is 0. The van der Waals surface area contributed by atoms with Crippen molar-refractivity contribution in [1.82, 2.24) is 14.7 Å². The smallest absolute Gasteiger partial charge is 0.274 e. The molecule has 0 radical (unpaired) electrons. The van der Waals surface area contributed by atoms with Gasteiger partial charge >= 0.3 is 0 Å². The second-order valence-electron chi connectivity index (χ2n) is 6.79. The molecule has 1 aromatic heterocycles. The van der Waals surface area contributed by atoms with Gasteiger partial charge in [-0.05, 0) is 50.3 Å². The van der Waals surface area contributed by atoms with E-state index in [4.69, 9.17) is 5.73 Å². The van der Waals surface area contributed by atoms with E-state index in [1.54, 1.807) is 15.6 Å². The van der Waals surface area contributed by atoms with Crippen LogP contribution in [0.25, 0.3) is 5.69 Å². The summed E-state index contributed by atoms with van der Waals surface area (Å²) in [5, 5.41) is 4.51. The van der Waals surface area contributed by atoms with Crippen molar-refractivity contribution in [1.29, 1.82) is 0 Å². The normalized spacial score (nSPS) is 19.8. The second kappa shape index (κ2) is 5.70. The average Bonchev–Trinajstić information content (AvgIpc) is 3.23. The first-order valence-electron chi connectivity index (χ1n) is 8.46. The molecule has 1 saturated heterocycles. The van der Waals surface area contributed by atoms with Crippen LogP contribution < -0.4 is 5.73 Å². The highest BCUT2D eigenvalue weighted by molar-refractivity contribution is 5.94. The molecular weight excluding hydrogens is 307 g/mol.